The molecule has 2 aliphatic carbocycles. The first-order chi connectivity index (χ1) is 12.1. The van der Waals surface area contributed by atoms with Crippen LogP contribution in [0.1, 0.15) is 58.3 Å². The van der Waals surface area contributed by atoms with Crippen molar-refractivity contribution in [2.75, 3.05) is 13.7 Å². The lowest BCUT2D eigenvalue weighted by Crippen LogP contribution is -2.55. The van der Waals surface area contributed by atoms with E-state index in [1.54, 1.807) is 7.11 Å². The van der Waals surface area contributed by atoms with Crippen molar-refractivity contribution in [2.45, 2.75) is 82.6 Å². The Bertz CT molecular complexity index is 439. The lowest BCUT2D eigenvalue weighted by atomic mass is 9.75. The van der Waals surface area contributed by atoms with Crippen LogP contribution in [0.3, 0.4) is 0 Å². The van der Waals surface area contributed by atoms with E-state index < -0.39 is 12.2 Å². The molecule has 1 aliphatic heterocycles. The molecule has 25 heavy (non-hydrogen) atoms. The highest BCUT2D eigenvalue weighted by Crippen LogP contribution is 2.35. The molecule has 5 unspecified atom stereocenters. The Kier molecular flexibility index (Phi) is 6.72. The number of hydrogen-bond donors (Lipinski definition) is 3. The average molecular weight is 354 g/mol. The third-order valence-electron chi connectivity index (χ3n) is 6.59. The van der Waals surface area contributed by atoms with E-state index in [1.807, 2.05) is 0 Å². The zero-order chi connectivity index (χ0) is 17.8. The van der Waals surface area contributed by atoms with Crippen molar-refractivity contribution >= 4 is 5.91 Å². The van der Waals surface area contributed by atoms with E-state index in [9.17, 15) is 9.90 Å². The van der Waals surface area contributed by atoms with Gasteiger partial charge in [0.1, 0.15) is 0 Å². The third kappa shape index (κ3) is 4.73. The smallest absolute Gasteiger partial charge is 0.251 e. The molecule has 5 atom stereocenters. The average Bonchev–Trinajstić information content (AvgIpc) is 2.65. The van der Waals surface area contributed by atoms with Gasteiger partial charge < -0.3 is 15.2 Å². The number of nitrogens with one attached hydrogen (secondary N) is 2. The van der Waals surface area contributed by atoms with Crippen molar-refractivity contribution < 1.29 is 19.5 Å². The summed E-state index contributed by atoms with van der Waals surface area (Å²) in [4.78, 5) is 18.1. The van der Waals surface area contributed by atoms with Crippen LogP contribution in [0.15, 0.2) is 0 Å². The van der Waals surface area contributed by atoms with Crippen molar-refractivity contribution in [3.05, 3.63) is 0 Å². The molecule has 0 aromatic heterocycles. The maximum Gasteiger partial charge on any atom is 0.251 e. The second-order valence-electron chi connectivity index (χ2n) is 8.24. The Morgan fingerprint density at radius 3 is 2.76 bits per heavy atom. The highest BCUT2D eigenvalue weighted by Gasteiger charge is 2.39. The van der Waals surface area contributed by atoms with Gasteiger partial charge in [0.2, 0.25) is 0 Å². The summed E-state index contributed by atoms with van der Waals surface area (Å²) >= 11 is 0. The van der Waals surface area contributed by atoms with E-state index in [2.05, 4.69) is 17.7 Å². The van der Waals surface area contributed by atoms with Crippen LogP contribution in [0.2, 0.25) is 0 Å². The first kappa shape index (κ1) is 19.1. The number of aliphatic hydroxyl groups excluding tert-OH is 1. The molecule has 0 spiro atoms. The monoisotopic (exact) mass is 354 g/mol. The quantitative estimate of drug-likeness (QED) is 0.701. The molecule has 6 heteroatoms. The second kappa shape index (κ2) is 8.80. The van der Waals surface area contributed by atoms with Gasteiger partial charge in [0.05, 0.1) is 12.2 Å². The van der Waals surface area contributed by atoms with Crippen LogP contribution in [-0.4, -0.2) is 49.0 Å². The molecule has 3 rings (SSSR count). The fourth-order valence-electron chi connectivity index (χ4n) is 4.84. The highest BCUT2D eigenvalue weighted by molar-refractivity contribution is 5.80. The van der Waals surface area contributed by atoms with E-state index in [0.29, 0.717) is 30.5 Å². The fraction of sp³-hybridized carbons (Fsp3) is 0.947. The summed E-state index contributed by atoms with van der Waals surface area (Å²) in [5.74, 6) is 1.27. The standard InChI is InChI=1S/C19H34N2O4/c1-12-4-3-5-14-10-17(25-21-18(12)14)19(23)20-11-16(22)13-6-8-15(24-2)9-7-13/h12-18,21-22H,3-11H2,1-2H3,(H,20,23). The van der Waals surface area contributed by atoms with Gasteiger partial charge in [-0.2, -0.15) is 5.48 Å². The molecule has 0 aromatic carbocycles. The number of methoxy groups -OCH3 is 1. The minimum atomic E-state index is -0.485. The summed E-state index contributed by atoms with van der Waals surface area (Å²) in [5.41, 5.74) is 3.13. The number of rotatable bonds is 5. The van der Waals surface area contributed by atoms with E-state index >= 15 is 0 Å². The van der Waals surface area contributed by atoms with Crippen LogP contribution in [0.4, 0.5) is 0 Å². The van der Waals surface area contributed by atoms with Crippen LogP contribution >= 0.6 is 0 Å². The summed E-state index contributed by atoms with van der Waals surface area (Å²) in [6.45, 7) is 2.56. The SMILES string of the molecule is COC1CCC(C(O)CNC(=O)C2CC3CCCC(C)C3NO2)CC1. The molecule has 6 nitrogen and oxygen atoms in total. The molecule has 0 aromatic rings. The van der Waals surface area contributed by atoms with Gasteiger partial charge in [-0.15, -0.1) is 0 Å². The van der Waals surface area contributed by atoms with E-state index in [4.69, 9.17) is 9.57 Å². The lowest BCUT2D eigenvalue weighted by molar-refractivity contribution is -0.158. The molecule has 0 radical (unpaired) electrons. The highest BCUT2D eigenvalue weighted by atomic mass is 16.7. The summed E-state index contributed by atoms with van der Waals surface area (Å²) in [6, 6.07) is 0.374. The Morgan fingerprint density at radius 1 is 1.28 bits per heavy atom. The van der Waals surface area contributed by atoms with E-state index in [0.717, 1.165) is 32.1 Å². The van der Waals surface area contributed by atoms with Gasteiger partial charge in [0, 0.05) is 19.7 Å². The number of amides is 1. The topological polar surface area (TPSA) is 79.8 Å². The summed E-state index contributed by atoms with van der Waals surface area (Å²) in [7, 11) is 1.75. The third-order valence-corrected chi connectivity index (χ3v) is 6.59. The Balaban J connectivity index is 1.40. The molecule has 3 fully saturated rings. The number of carbonyl (C=O) groups is 1. The molecule has 144 valence electrons. The number of fused-ring (bicyclic) bond motifs is 1. The van der Waals surface area contributed by atoms with Gasteiger partial charge in [0.15, 0.2) is 6.10 Å². The van der Waals surface area contributed by atoms with Crippen molar-refractivity contribution in [2.24, 2.45) is 17.8 Å². The van der Waals surface area contributed by atoms with Crippen molar-refractivity contribution in [3.8, 4) is 0 Å². The minimum absolute atomic E-state index is 0.103. The Labute approximate surface area is 151 Å². The van der Waals surface area contributed by atoms with Crippen molar-refractivity contribution in [1.29, 1.82) is 0 Å². The predicted octanol–water partition coefficient (Wildman–Crippen LogP) is 1.77. The molecule has 1 amide bonds. The van der Waals surface area contributed by atoms with Crippen LogP contribution in [0, 0.1) is 17.8 Å². The molecule has 1 saturated heterocycles. The number of ether oxygens (including phenoxy) is 1. The lowest BCUT2D eigenvalue weighted by Gasteiger charge is -2.42. The van der Waals surface area contributed by atoms with Gasteiger partial charge in [-0.25, -0.2) is 0 Å². The summed E-state index contributed by atoms with van der Waals surface area (Å²) < 4.78 is 5.37. The van der Waals surface area contributed by atoms with Gasteiger partial charge in [-0.3, -0.25) is 9.63 Å². The number of hydrogen-bond acceptors (Lipinski definition) is 5. The summed E-state index contributed by atoms with van der Waals surface area (Å²) in [6.07, 6.45) is 7.70. The first-order valence-electron chi connectivity index (χ1n) is 9.98. The zero-order valence-corrected chi connectivity index (χ0v) is 15.6. The molecular formula is C19H34N2O4. The van der Waals surface area contributed by atoms with Crippen LogP contribution in [0.5, 0.6) is 0 Å². The van der Waals surface area contributed by atoms with Gasteiger partial charge in [-0.1, -0.05) is 13.3 Å². The van der Waals surface area contributed by atoms with Crippen LogP contribution in [0.25, 0.3) is 0 Å². The largest absolute Gasteiger partial charge is 0.391 e. The normalized spacial score (nSPS) is 40.1. The predicted molar refractivity (Wildman–Crippen MR) is 94.7 cm³/mol. The Morgan fingerprint density at radius 2 is 2.04 bits per heavy atom. The maximum atomic E-state index is 12.4. The molecule has 3 N–H and O–H groups in total. The minimum Gasteiger partial charge on any atom is -0.391 e. The van der Waals surface area contributed by atoms with Crippen molar-refractivity contribution in [1.82, 2.24) is 10.8 Å². The van der Waals surface area contributed by atoms with E-state index in [1.165, 1.54) is 19.3 Å². The number of carbonyl (C=O) groups excluding carboxylic acids is 1. The molecule has 0 bridgehead atoms. The second-order valence-corrected chi connectivity index (χ2v) is 8.24. The molecule has 1 heterocycles. The number of hydroxylamine groups is 1. The zero-order valence-electron chi connectivity index (χ0n) is 15.6. The van der Waals surface area contributed by atoms with Gasteiger partial charge >= 0.3 is 0 Å². The first-order valence-corrected chi connectivity index (χ1v) is 9.98. The van der Waals surface area contributed by atoms with Gasteiger partial charge in [0.25, 0.3) is 5.91 Å². The Hall–Kier alpha value is -0.690. The van der Waals surface area contributed by atoms with Crippen LogP contribution in [-0.2, 0) is 14.4 Å². The van der Waals surface area contributed by atoms with Gasteiger partial charge in [-0.05, 0) is 62.7 Å². The summed E-state index contributed by atoms with van der Waals surface area (Å²) in [5, 5.41) is 13.3. The van der Waals surface area contributed by atoms with Crippen molar-refractivity contribution in [3.63, 3.8) is 0 Å². The number of aliphatic hydroxyl groups is 1. The van der Waals surface area contributed by atoms with Crippen LogP contribution < -0.4 is 10.8 Å². The molecule has 3 aliphatic rings. The van der Waals surface area contributed by atoms with E-state index in [-0.39, 0.29) is 11.8 Å². The fourth-order valence-corrected chi connectivity index (χ4v) is 4.84. The molecular weight excluding hydrogens is 320 g/mol. The molecule has 2 saturated carbocycles. The maximum absolute atomic E-state index is 12.4.